The van der Waals surface area contributed by atoms with Gasteiger partial charge in [0.25, 0.3) is 0 Å². The number of rotatable bonds is 4. The second-order valence-electron chi connectivity index (χ2n) is 7.95. The molecule has 1 fully saturated rings. The molecule has 1 atom stereocenters. The van der Waals surface area contributed by atoms with E-state index in [-0.39, 0.29) is 18.1 Å². The molecule has 0 aliphatic carbocycles. The Kier molecular flexibility index (Phi) is 7.63. The summed E-state index contributed by atoms with van der Waals surface area (Å²) < 4.78 is 11.3. The Morgan fingerprint density at radius 3 is 2.36 bits per heavy atom. The molecule has 0 radical (unpaired) electrons. The van der Waals surface area contributed by atoms with Crippen molar-refractivity contribution in [3.05, 3.63) is 34.3 Å². The first-order valence-electron chi connectivity index (χ1n) is 9.47. The summed E-state index contributed by atoms with van der Waals surface area (Å²) >= 11 is 3.51. The molecule has 0 N–H and O–H groups in total. The van der Waals surface area contributed by atoms with Gasteiger partial charge >= 0.3 is 12.1 Å². The number of amides is 1. The number of halogens is 1. The van der Waals surface area contributed by atoms with Crippen LogP contribution in [0.3, 0.4) is 0 Å². The molecule has 6 nitrogen and oxygen atoms in total. The molecular formula is C21H29BrN2O4. The summed E-state index contributed by atoms with van der Waals surface area (Å²) in [5.41, 5.74) is 1.05. The minimum absolute atomic E-state index is 0.0633. The predicted molar refractivity (Wildman–Crippen MR) is 113 cm³/mol. The fourth-order valence-electron chi connectivity index (χ4n) is 3.22. The largest absolute Gasteiger partial charge is 0.468 e. The molecule has 1 amide bonds. The van der Waals surface area contributed by atoms with Crippen LogP contribution in [0.4, 0.5) is 4.79 Å². The lowest BCUT2D eigenvalue weighted by Crippen LogP contribution is -2.42. The average molecular weight is 453 g/mol. The number of esters is 1. The molecule has 0 spiro atoms. The molecule has 1 aliphatic rings. The van der Waals surface area contributed by atoms with Crippen molar-refractivity contribution in [2.45, 2.75) is 58.1 Å². The van der Waals surface area contributed by atoms with Gasteiger partial charge in [-0.1, -0.05) is 34.1 Å². The molecule has 0 saturated carbocycles. The molecule has 28 heavy (non-hydrogen) atoms. The smallest absolute Gasteiger partial charge is 0.410 e. The van der Waals surface area contributed by atoms with Crippen LogP contribution in [-0.2, 0) is 14.3 Å². The summed E-state index contributed by atoms with van der Waals surface area (Å²) in [5, 5.41) is 0. The van der Waals surface area contributed by atoms with Crippen LogP contribution >= 0.6 is 15.9 Å². The first kappa shape index (κ1) is 22.4. The molecule has 0 aromatic heterocycles. The lowest BCUT2D eigenvalue weighted by Gasteiger charge is -2.32. The highest BCUT2D eigenvalue weighted by atomic mass is 79.9. The zero-order chi connectivity index (χ0) is 20.9. The van der Waals surface area contributed by atoms with Gasteiger partial charge in [-0.2, -0.15) is 0 Å². The van der Waals surface area contributed by atoms with Crippen LogP contribution in [0.25, 0.3) is 0 Å². The fraction of sp³-hybridized carbons (Fsp3) is 0.571. The molecule has 1 saturated heterocycles. The number of ether oxygens (including phenoxy) is 2. The van der Waals surface area contributed by atoms with Gasteiger partial charge in [-0.25, -0.2) is 4.79 Å². The SMILES string of the molecule is COC(=O)C(C(C)=NC1CCN(C(=O)OC(C)(C)C)CC1)c1ccccc1Br. The zero-order valence-corrected chi connectivity index (χ0v) is 18.8. The van der Waals surface area contributed by atoms with Crippen LogP contribution in [-0.4, -0.2) is 54.5 Å². The lowest BCUT2D eigenvalue weighted by molar-refractivity contribution is -0.140. The molecule has 154 valence electrons. The summed E-state index contributed by atoms with van der Waals surface area (Å²) in [6, 6.07) is 7.66. The molecule has 1 aromatic carbocycles. The van der Waals surface area contributed by atoms with Crippen molar-refractivity contribution in [3.63, 3.8) is 0 Å². The van der Waals surface area contributed by atoms with Crippen LogP contribution in [0, 0.1) is 0 Å². The Labute approximate surface area is 175 Å². The summed E-state index contributed by atoms with van der Waals surface area (Å²) in [6.45, 7) is 8.63. The molecular weight excluding hydrogens is 424 g/mol. The van der Waals surface area contributed by atoms with Crippen LogP contribution in [0.2, 0.25) is 0 Å². The lowest BCUT2D eigenvalue weighted by atomic mass is 9.94. The monoisotopic (exact) mass is 452 g/mol. The third-order valence-electron chi connectivity index (χ3n) is 4.57. The van der Waals surface area contributed by atoms with E-state index in [9.17, 15) is 9.59 Å². The maximum atomic E-state index is 12.4. The van der Waals surface area contributed by atoms with E-state index >= 15 is 0 Å². The van der Waals surface area contributed by atoms with Crippen molar-refractivity contribution in [1.29, 1.82) is 0 Å². The normalized spacial score (nSPS) is 17.2. The molecule has 7 heteroatoms. The first-order chi connectivity index (χ1) is 13.1. The second kappa shape index (κ2) is 9.54. The number of carbonyl (C=O) groups excluding carboxylic acids is 2. The Morgan fingerprint density at radius 1 is 1.21 bits per heavy atom. The van der Waals surface area contributed by atoms with Gasteiger partial charge in [-0.05, 0) is 52.2 Å². The van der Waals surface area contributed by atoms with E-state index in [1.807, 2.05) is 52.0 Å². The Morgan fingerprint density at radius 2 is 1.82 bits per heavy atom. The zero-order valence-electron chi connectivity index (χ0n) is 17.2. The number of likely N-dealkylation sites (tertiary alicyclic amines) is 1. The number of aliphatic imine (C=N–C) groups is 1. The van der Waals surface area contributed by atoms with Gasteiger partial charge in [0.15, 0.2) is 0 Å². The highest BCUT2D eigenvalue weighted by Crippen LogP contribution is 2.28. The van der Waals surface area contributed by atoms with Crippen molar-refractivity contribution >= 4 is 33.7 Å². The Hall–Kier alpha value is -1.89. The van der Waals surface area contributed by atoms with Gasteiger partial charge in [0.05, 0.1) is 13.2 Å². The average Bonchev–Trinajstić information content (AvgIpc) is 2.62. The second-order valence-corrected chi connectivity index (χ2v) is 8.80. The third-order valence-corrected chi connectivity index (χ3v) is 5.30. The summed E-state index contributed by atoms with van der Waals surface area (Å²) in [5.74, 6) is -0.885. The van der Waals surface area contributed by atoms with E-state index in [0.717, 1.165) is 28.6 Å². The molecule has 1 heterocycles. The summed E-state index contributed by atoms with van der Waals surface area (Å²) in [4.78, 5) is 31.2. The van der Waals surface area contributed by atoms with Crippen LogP contribution in [0.1, 0.15) is 52.0 Å². The van der Waals surface area contributed by atoms with Gasteiger partial charge in [0.1, 0.15) is 11.5 Å². The third kappa shape index (κ3) is 6.06. The summed E-state index contributed by atoms with van der Waals surface area (Å²) in [7, 11) is 1.39. The van der Waals surface area contributed by atoms with Crippen molar-refractivity contribution < 1.29 is 19.1 Å². The minimum atomic E-state index is -0.551. The number of benzene rings is 1. The molecule has 1 aliphatic heterocycles. The van der Waals surface area contributed by atoms with Crippen molar-refractivity contribution in [3.8, 4) is 0 Å². The minimum Gasteiger partial charge on any atom is -0.468 e. The maximum absolute atomic E-state index is 12.4. The van der Waals surface area contributed by atoms with Crippen molar-refractivity contribution in [1.82, 2.24) is 4.90 Å². The number of carbonyl (C=O) groups is 2. The molecule has 1 aromatic rings. The molecule has 0 bridgehead atoms. The van der Waals surface area contributed by atoms with Gasteiger partial charge in [-0.3, -0.25) is 9.79 Å². The van der Waals surface area contributed by atoms with Crippen LogP contribution in [0.15, 0.2) is 33.7 Å². The van der Waals surface area contributed by atoms with Gasteiger partial charge in [-0.15, -0.1) is 0 Å². The van der Waals surface area contributed by atoms with Crippen LogP contribution < -0.4 is 0 Å². The highest BCUT2D eigenvalue weighted by Gasteiger charge is 2.30. The number of piperidine rings is 1. The van der Waals surface area contributed by atoms with Crippen molar-refractivity contribution in [2.24, 2.45) is 4.99 Å². The summed E-state index contributed by atoms with van der Waals surface area (Å²) in [6.07, 6.45) is 1.19. The Balaban J connectivity index is 2.09. The topological polar surface area (TPSA) is 68.2 Å². The van der Waals surface area contributed by atoms with E-state index in [1.54, 1.807) is 4.90 Å². The fourth-order valence-corrected chi connectivity index (χ4v) is 3.73. The van der Waals surface area contributed by atoms with Crippen molar-refractivity contribution in [2.75, 3.05) is 20.2 Å². The standard InChI is InChI=1S/C21H29BrN2O4/c1-14(18(19(25)27-5)16-8-6-7-9-17(16)22)23-15-10-12-24(13-11-15)20(26)28-21(2,3)4/h6-9,15,18H,10-13H2,1-5H3. The molecule has 2 rings (SSSR count). The van der Waals surface area contributed by atoms with Gasteiger partial charge < -0.3 is 14.4 Å². The highest BCUT2D eigenvalue weighted by molar-refractivity contribution is 9.10. The number of methoxy groups -OCH3 is 1. The maximum Gasteiger partial charge on any atom is 0.410 e. The predicted octanol–water partition coefficient (Wildman–Crippen LogP) is 4.57. The van der Waals surface area contributed by atoms with Crippen LogP contribution in [0.5, 0.6) is 0 Å². The van der Waals surface area contributed by atoms with E-state index in [2.05, 4.69) is 15.9 Å². The van der Waals surface area contributed by atoms with E-state index < -0.39 is 11.5 Å². The van der Waals surface area contributed by atoms with E-state index in [4.69, 9.17) is 14.5 Å². The number of hydrogen-bond donors (Lipinski definition) is 0. The van der Waals surface area contributed by atoms with Gasteiger partial charge in [0, 0.05) is 23.3 Å². The van der Waals surface area contributed by atoms with E-state index in [1.165, 1.54) is 7.11 Å². The first-order valence-corrected chi connectivity index (χ1v) is 10.3. The Bertz CT molecular complexity index is 734. The van der Waals surface area contributed by atoms with E-state index in [0.29, 0.717) is 13.1 Å². The molecule has 1 unspecified atom stereocenters. The number of hydrogen-bond acceptors (Lipinski definition) is 5. The number of nitrogens with zero attached hydrogens (tertiary/aromatic N) is 2. The van der Waals surface area contributed by atoms with Gasteiger partial charge in [0.2, 0.25) is 0 Å². The quantitative estimate of drug-likeness (QED) is 0.495.